The normalized spacial score (nSPS) is 13.3. The first-order valence-electron chi connectivity index (χ1n) is 11.4. The van der Waals surface area contributed by atoms with Gasteiger partial charge in [0.15, 0.2) is 5.16 Å². The fourth-order valence-corrected chi connectivity index (χ4v) is 6.26. The SMILES string of the molecule is Cc1ccc(-n2c(SCC(=O)N/N=C/c3cccc(O)c3)nc3sc4c(c3c2=O)CCCC4)cc1. The summed E-state index contributed by atoms with van der Waals surface area (Å²) in [6.45, 7) is 2.00. The second-order valence-electron chi connectivity index (χ2n) is 8.44. The monoisotopic (exact) mass is 504 g/mol. The molecule has 0 atom stereocenters. The summed E-state index contributed by atoms with van der Waals surface area (Å²) >= 11 is 2.81. The summed E-state index contributed by atoms with van der Waals surface area (Å²) in [6.07, 6.45) is 5.58. The molecule has 2 aromatic heterocycles. The molecule has 2 heterocycles. The van der Waals surface area contributed by atoms with Gasteiger partial charge in [-0.15, -0.1) is 11.3 Å². The lowest BCUT2D eigenvalue weighted by molar-refractivity contribution is -0.118. The van der Waals surface area contributed by atoms with E-state index in [1.165, 1.54) is 22.9 Å². The van der Waals surface area contributed by atoms with Gasteiger partial charge in [0.2, 0.25) is 0 Å². The molecule has 35 heavy (non-hydrogen) atoms. The van der Waals surface area contributed by atoms with E-state index >= 15 is 0 Å². The number of fused-ring (bicyclic) bond motifs is 3. The van der Waals surface area contributed by atoms with E-state index in [-0.39, 0.29) is 23.0 Å². The van der Waals surface area contributed by atoms with E-state index in [1.54, 1.807) is 40.2 Å². The Labute approximate surface area is 210 Å². The Balaban J connectivity index is 1.43. The Kier molecular flexibility index (Phi) is 6.70. The third-order valence-electron chi connectivity index (χ3n) is 5.86. The number of aromatic hydroxyl groups is 1. The van der Waals surface area contributed by atoms with Crippen molar-refractivity contribution in [2.75, 3.05) is 5.75 Å². The molecule has 9 heteroatoms. The predicted octanol–water partition coefficient (Wildman–Crippen LogP) is 4.58. The summed E-state index contributed by atoms with van der Waals surface area (Å²) in [7, 11) is 0. The van der Waals surface area contributed by atoms with Crippen LogP contribution in [0.15, 0.2) is 63.6 Å². The molecule has 7 nitrogen and oxygen atoms in total. The molecule has 0 bridgehead atoms. The summed E-state index contributed by atoms with van der Waals surface area (Å²) in [6, 6.07) is 14.3. The highest BCUT2D eigenvalue weighted by molar-refractivity contribution is 7.99. The second kappa shape index (κ2) is 10.1. The highest BCUT2D eigenvalue weighted by atomic mass is 32.2. The number of nitrogens with one attached hydrogen (secondary N) is 1. The smallest absolute Gasteiger partial charge is 0.267 e. The maximum absolute atomic E-state index is 13.7. The predicted molar refractivity (Wildman–Crippen MR) is 141 cm³/mol. The number of hydrazone groups is 1. The van der Waals surface area contributed by atoms with Crippen LogP contribution in [0.1, 0.15) is 34.4 Å². The highest BCUT2D eigenvalue weighted by Crippen LogP contribution is 2.35. The first-order valence-corrected chi connectivity index (χ1v) is 13.2. The number of rotatable bonds is 6. The largest absolute Gasteiger partial charge is 0.508 e. The van der Waals surface area contributed by atoms with E-state index < -0.39 is 0 Å². The number of carbonyl (C=O) groups excluding carboxylic acids is 1. The summed E-state index contributed by atoms with van der Waals surface area (Å²) < 4.78 is 1.62. The van der Waals surface area contributed by atoms with Crippen molar-refractivity contribution >= 4 is 45.4 Å². The van der Waals surface area contributed by atoms with E-state index in [4.69, 9.17) is 4.98 Å². The topological polar surface area (TPSA) is 96.6 Å². The first kappa shape index (κ1) is 23.3. The van der Waals surface area contributed by atoms with Gasteiger partial charge in [0.25, 0.3) is 11.5 Å². The number of nitrogens with zero attached hydrogens (tertiary/aromatic N) is 3. The minimum Gasteiger partial charge on any atom is -0.508 e. The van der Waals surface area contributed by atoms with Gasteiger partial charge >= 0.3 is 0 Å². The standard InChI is InChI=1S/C26H24N4O3S2/c1-16-9-11-18(12-10-16)30-25(33)23-20-7-2-3-8-21(20)35-24(23)28-26(30)34-15-22(32)29-27-14-17-5-4-6-19(31)13-17/h4-6,9-14,31H,2-3,7-8,15H2,1H3,(H,29,32)/b27-14+. The van der Waals surface area contributed by atoms with Crippen LogP contribution in [0.5, 0.6) is 5.75 Å². The quantitative estimate of drug-likeness (QED) is 0.173. The van der Waals surface area contributed by atoms with Gasteiger partial charge < -0.3 is 5.11 Å². The maximum atomic E-state index is 13.7. The van der Waals surface area contributed by atoms with Crippen LogP contribution in [0.25, 0.3) is 15.9 Å². The zero-order valence-corrected chi connectivity index (χ0v) is 20.8. The van der Waals surface area contributed by atoms with E-state index in [2.05, 4.69) is 10.5 Å². The minimum atomic E-state index is -0.318. The summed E-state index contributed by atoms with van der Waals surface area (Å²) in [5.74, 6) is -0.143. The number of carbonyl (C=O) groups is 1. The molecular formula is C26H24N4O3S2. The molecule has 1 aliphatic carbocycles. The van der Waals surface area contributed by atoms with Gasteiger partial charge in [0.05, 0.1) is 23.0 Å². The molecule has 0 saturated heterocycles. The van der Waals surface area contributed by atoms with Gasteiger partial charge in [0, 0.05) is 4.88 Å². The number of hydrogen-bond acceptors (Lipinski definition) is 7. The van der Waals surface area contributed by atoms with E-state index in [9.17, 15) is 14.7 Å². The van der Waals surface area contributed by atoms with Crippen LogP contribution >= 0.6 is 23.1 Å². The van der Waals surface area contributed by atoms with Crippen LogP contribution in [0.3, 0.4) is 0 Å². The molecule has 0 spiro atoms. The Bertz CT molecular complexity index is 1490. The molecule has 0 unspecified atom stereocenters. The van der Waals surface area contributed by atoms with E-state index in [1.807, 2.05) is 31.2 Å². The van der Waals surface area contributed by atoms with Gasteiger partial charge in [-0.3, -0.25) is 14.2 Å². The van der Waals surface area contributed by atoms with Crippen LogP contribution in [0, 0.1) is 6.92 Å². The molecule has 0 fully saturated rings. The van der Waals surface area contributed by atoms with Crippen molar-refractivity contribution in [1.29, 1.82) is 0 Å². The lowest BCUT2D eigenvalue weighted by atomic mass is 9.97. The number of phenols is 1. The maximum Gasteiger partial charge on any atom is 0.267 e. The summed E-state index contributed by atoms with van der Waals surface area (Å²) in [4.78, 5) is 33.1. The number of aromatic nitrogens is 2. The van der Waals surface area contributed by atoms with E-state index in [0.717, 1.165) is 52.7 Å². The third-order valence-corrected chi connectivity index (χ3v) is 7.98. The number of hydrogen-bond donors (Lipinski definition) is 2. The average Bonchev–Trinajstić information content (AvgIpc) is 3.22. The van der Waals surface area contributed by atoms with Crippen LogP contribution in [-0.4, -0.2) is 32.5 Å². The number of thioether (sulfide) groups is 1. The van der Waals surface area contributed by atoms with Crippen molar-refractivity contribution in [2.45, 2.75) is 37.8 Å². The lowest BCUT2D eigenvalue weighted by Gasteiger charge is -2.13. The van der Waals surface area contributed by atoms with Crippen molar-refractivity contribution < 1.29 is 9.90 Å². The van der Waals surface area contributed by atoms with Gasteiger partial charge in [-0.2, -0.15) is 5.10 Å². The summed E-state index contributed by atoms with van der Waals surface area (Å²) in [5.41, 5.74) is 6.06. The Morgan fingerprint density at radius 3 is 2.83 bits per heavy atom. The fraction of sp³-hybridized carbons (Fsp3) is 0.231. The van der Waals surface area contributed by atoms with Crippen LogP contribution in [0.2, 0.25) is 0 Å². The second-order valence-corrected chi connectivity index (χ2v) is 10.5. The molecule has 1 aliphatic rings. The van der Waals surface area contributed by atoms with Crippen molar-refractivity contribution in [1.82, 2.24) is 15.0 Å². The molecule has 2 N–H and O–H groups in total. The zero-order chi connectivity index (χ0) is 24.4. The molecule has 178 valence electrons. The zero-order valence-electron chi connectivity index (χ0n) is 19.2. The molecular weight excluding hydrogens is 480 g/mol. The van der Waals surface area contributed by atoms with E-state index in [0.29, 0.717) is 10.7 Å². The summed E-state index contributed by atoms with van der Waals surface area (Å²) in [5, 5.41) is 14.7. The molecule has 0 saturated carbocycles. The number of amides is 1. The lowest BCUT2D eigenvalue weighted by Crippen LogP contribution is -2.24. The molecule has 0 radical (unpaired) electrons. The number of phenolic OH excluding ortho intramolecular Hbond substituents is 1. The van der Waals surface area contributed by atoms with Crippen LogP contribution in [-0.2, 0) is 17.6 Å². The van der Waals surface area contributed by atoms with Gasteiger partial charge in [-0.25, -0.2) is 10.4 Å². The molecule has 2 aromatic carbocycles. The van der Waals surface area contributed by atoms with Crippen molar-refractivity contribution in [3.8, 4) is 11.4 Å². The van der Waals surface area contributed by atoms with Crippen LogP contribution in [0.4, 0.5) is 0 Å². The van der Waals surface area contributed by atoms with Gasteiger partial charge in [-0.05, 0) is 68.0 Å². The number of thiophene rings is 1. The van der Waals surface area contributed by atoms with Crippen molar-refractivity contribution in [3.63, 3.8) is 0 Å². The Morgan fingerprint density at radius 1 is 1.23 bits per heavy atom. The Morgan fingerprint density at radius 2 is 2.03 bits per heavy atom. The minimum absolute atomic E-state index is 0.0479. The van der Waals surface area contributed by atoms with Gasteiger partial charge in [0.1, 0.15) is 10.6 Å². The molecule has 0 aliphatic heterocycles. The molecule has 5 rings (SSSR count). The molecule has 4 aromatic rings. The molecule has 1 amide bonds. The van der Waals surface area contributed by atoms with Crippen molar-refractivity contribution in [2.24, 2.45) is 5.10 Å². The van der Waals surface area contributed by atoms with Gasteiger partial charge in [-0.1, -0.05) is 41.6 Å². The number of aryl methyl sites for hydroxylation is 3. The first-order chi connectivity index (χ1) is 17.0. The Hall–Kier alpha value is -3.43. The highest BCUT2D eigenvalue weighted by Gasteiger charge is 2.23. The number of benzene rings is 2. The fourth-order valence-electron chi connectivity index (χ4n) is 4.15. The third kappa shape index (κ3) is 5.01. The van der Waals surface area contributed by atoms with Crippen LogP contribution < -0.4 is 11.0 Å². The van der Waals surface area contributed by atoms with Crippen molar-refractivity contribution in [3.05, 3.63) is 80.5 Å². The average molecular weight is 505 g/mol.